The molecule has 2 heterocycles. The molecular weight excluding hydrogens is 483 g/mol. The molecule has 1 aliphatic heterocycles. The van der Waals surface area contributed by atoms with Gasteiger partial charge in [0.15, 0.2) is 5.17 Å². The third-order valence-electron chi connectivity index (χ3n) is 4.18. The summed E-state index contributed by atoms with van der Waals surface area (Å²) in [5.41, 5.74) is 0.959. The van der Waals surface area contributed by atoms with Crippen molar-refractivity contribution in [2.45, 2.75) is 0 Å². The average molecular weight is 494 g/mol. The number of rotatable bonds is 4. The van der Waals surface area contributed by atoms with E-state index in [0.717, 1.165) is 11.8 Å². The highest BCUT2D eigenvalue weighted by atomic mass is 35.5. The van der Waals surface area contributed by atoms with E-state index in [1.54, 1.807) is 36.4 Å². The molecule has 1 fully saturated rings. The first-order valence-electron chi connectivity index (χ1n) is 8.68. The number of amides is 1. The summed E-state index contributed by atoms with van der Waals surface area (Å²) in [6, 6.07) is 12.7. The van der Waals surface area contributed by atoms with Crippen LogP contribution in [-0.4, -0.2) is 22.2 Å². The molecule has 0 unspecified atom stereocenters. The van der Waals surface area contributed by atoms with Crippen molar-refractivity contribution < 1.29 is 19.1 Å². The second kappa shape index (κ2) is 8.80. The lowest BCUT2D eigenvalue weighted by atomic mass is 10.1. The average Bonchev–Trinajstić information content (AvgIpc) is 3.32. The lowest BCUT2D eigenvalue weighted by Crippen LogP contribution is -2.19. The first kappa shape index (κ1) is 21.5. The quantitative estimate of drug-likeness (QED) is 0.405. The zero-order valence-corrected chi connectivity index (χ0v) is 18.4. The number of amidine groups is 1. The van der Waals surface area contributed by atoms with Crippen molar-refractivity contribution in [2.75, 3.05) is 0 Å². The molecule has 3 aromatic rings. The Balaban J connectivity index is 1.59. The normalized spacial score (nSPS) is 16.2. The van der Waals surface area contributed by atoms with Crippen molar-refractivity contribution in [3.05, 3.63) is 79.8 Å². The van der Waals surface area contributed by atoms with Crippen LogP contribution < -0.4 is 5.32 Å². The van der Waals surface area contributed by atoms with Gasteiger partial charge in [-0.15, -0.1) is 0 Å². The van der Waals surface area contributed by atoms with E-state index in [1.165, 1.54) is 18.2 Å². The number of nitrogens with zero attached hydrogens (tertiary/aromatic N) is 1. The minimum absolute atomic E-state index is 0.0851. The van der Waals surface area contributed by atoms with E-state index in [4.69, 9.17) is 39.2 Å². The highest BCUT2D eigenvalue weighted by Gasteiger charge is 2.25. The Morgan fingerprint density at radius 3 is 2.68 bits per heavy atom. The molecule has 2 N–H and O–H groups in total. The number of aliphatic imine (C=N–C) groups is 1. The molecule has 4 rings (SSSR count). The number of carbonyl (C=O) groups is 2. The highest BCUT2D eigenvalue weighted by Crippen LogP contribution is 2.35. The molecule has 10 heteroatoms. The predicted octanol–water partition coefficient (Wildman–Crippen LogP) is 6.50. The number of thioether (sulfide) groups is 1. The number of aromatic carboxylic acids is 1. The summed E-state index contributed by atoms with van der Waals surface area (Å²) in [6.45, 7) is 0. The number of furan rings is 1. The topological polar surface area (TPSA) is 91.9 Å². The second-order valence-electron chi connectivity index (χ2n) is 6.26. The van der Waals surface area contributed by atoms with Gasteiger partial charge in [-0.3, -0.25) is 4.79 Å². The van der Waals surface area contributed by atoms with Gasteiger partial charge in [0.2, 0.25) is 0 Å². The van der Waals surface area contributed by atoms with Crippen LogP contribution in [0.2, 0.25) is 15.1 Å². The monoisotopic (exact) mass is 492 g/mol. The van der Waals surface area contributed by atoms with E-state index in [-0.39, 0.29) is 11.5 Å². The fraction of sp³-hybridized carbons (Fsp3) is 0. The Bertz CT molecular complexity index is 1280. The number of benzene rings is 2. The third-order valence-corrected chi connectivity index (χ3v) is 6.23. The number of hydrogen-bond acceptors (Lipinski definition) is 5. The molecule has 0 spiro atoms. The first-order valence-corrected chi connectivity index (χ1v) is 10.6. The molecule has 1 aliphatic rings. The molecule has 0 bridgehead atoms. The lowest BCUT2D eigenvalue weighted by Gasteiger charge is -2.02. The summed E-state index contributed by atoms with van der Waals surface area (Å²) >= 11 is 19.4. The second-order valence-corrected chi connectivity index (χ2v) is 8.48. The lowest BCUT2D eigenvalue weighted by molar-refractivity contribution is -0.115. The molecule has 6 nitrogen and oxygen atoms in total. The standard InChI is InChI=1S/C21H11Cl3N2O4S/c22-13-6-4-10(20(28)29)8-12(13)16-7-5-11(30-16)9-17-19(27)26-21(31-17)25-15-3-1-2-14(23)18(15)24/h1-9H,(H,28,29)(H,25,26,27). The predicted molar refractivity (Wildman–Crippen MR) is 123 cm³/mol. The Morgan fingerprint density at radius 2 is 1.90 bits per heavy atom. The van der Waals surface area contributed by atoms with Crippen molar-refractivity contribution in [1.82, 2.24) is 5.32 Å². The van der Waals surface area contributed by atoms with Gasteiger partial charge >= 0.3 is 5.97 Å². The van der Waals surface area contributed by atoms with Gasteiger partial charge in [-0.05, 0) is 54.2 Å². The number of carboxylic acid groups (broad SMARTS) is 1. The van der Waals surface area contributed by atoms with Crippen molar-refractivity contribution >= 4 is 75.4 Å². The molecule has 0 atom stereocenters. The van der Waals surface area contributed by atoms with Crippen LogP contribution in [0.1, 0.15) is 16.1 Å². The van der Waals surface area contributed by atoms with Gasteiger partial charge in [-0.1, -0.05) is 40.9 Å². The molecule has 0 radical (unpaired) electrons. The number of hydrogen-bond donors (Lipinski definition) is 2. The molecule has 0 saturated carbocycles. The number of carboxylic acids is 1. The summed E-state index contributed by atoms with van der Waals surface area (Å²) in [7, 11) is 0. The SMILES string of the molecule is O=C1NC(=Nc2cccc(Cl)c2Cl)SC1=Cc1ccc(-c2cc(C(=O)O)ccc2Cl)o1. The van der Waals surface area contributed by atoms with Gasteiger partial charge in [0.05, 0.1) is 31.2 Å². The van der Waals surface area contributed by atoms with Gasteiger partial charge < -0.3 is 14.8 Å². The Labute approximate surface area is 195 Å². The summed E-state index contributed by atoms with van der Waals surface area (Å²) in [5.74, 6) is -0.641. The van der Waals surface area contributed by atoms with Gasteiger partial charge in [0.25, 0.3) is 5.91 Å². The van der Waals surface area contributed by atoms with Crippen LogP contribution in [0.4, 0.5) is 5.69 Å². The van der Waals surface area contributed by atoms with Crippen LogP contribution in [0.3, 0.4) is 0 Å². The van der Waals surface area contributed by atoms with Gasteiger partial charge in [-0.2, -0.15) is 0 Å². The molecule has 2 aromatic carbocycles. The van der Waals surface area contributed by atoms with Gasteiger partial charge in [0, 0.05) is 11.6 Å². The maximum atomic E-state index is 12.3. The van der Waals surface area contributed by atoms with Crippen molar-refractivity contribution in [1.29, 1.82) is 0 Å². The molecule has 156 valence electrons. The van der Waals surface area contributed by atoms with E-state index in [0.29, 0.717) is 47.9 Å². The summed E-state index contributed by atoms with van der Waals surface area (Å²) in [4.78, 5) is 28.2. The summed E-state index contributed by atoms with van der Waals surface area (Å²) in [5, 5.41) is 13.2. The molecule has 31 heavy (non-hydrogen) atoms. The molecule has 1 saturated heterocycles. The highest BCUT2D eigenvalue weighted by molar-refractivity contribution is 8.18. The number of nitrogens with one attached hydrogen (secondary N) is 1. The third kappa shape index (κ3) is 4.65. The largest absolute Gasteiger partial charge is 0.478 e. The first-order chi connectivity index (χ1) is 14.8. The van der Waals surface area contributed by atoms with Crippen LogP contribution in [-0.2, 0) is 4.79 Å². The van der Waals surface area contributed by atoms with E-state index < -0.39 is 5.97 Å². The zero-order valence-electron chi connectivity index (χ0n) is 15.4. The molecule has 0 aliphatic carbocycles. The molecular formula is C21H11Cl3N2O4S. The molecule has 1 aromatic heterocycles. The minimum Gasteiger partial charge on any atom is -0.478 e. The van der Waals surface area contributed by atoms with Crippen LogP contribution in [0.25, 0.3) is 17.4 Å². The maximum absolute atomic E-state index is 12.3. The maximum Gasteiger partial charge on any atom is 0.335 e. The Morgan fingerprint density at radius 1 is 1.10 bits per heavy atom. The van der Waals surface area contributed by atoms with E-state index >= 15 is 0 Å². The van der Waals surface area contributed by atoms with E-state index in [1.807, 2.05) is 0 Å². The summed E-state index contributed by atoms with van der Waals surface area (Å²) in [6.07, 6.45) is 1.56. The van der Waals surface area contributed by atoms with Gasteiger partial charge in [0.1, 0.15) is 11.5 Å². The minimum atomic E-state index is -1.07. The van der Waals surface area contributed by atoms with Crippen molar-refractivity contribution in [2.24, 2.45) is 4.99 Å². The van der Waals surface area contributed by atoms with Crippen LogP contribution >= 0.6 is 46.6 Å². The van der Waals surface area contributed by atoms with Crippen molar-refractivity contribution in [3.8, 4) is 11.3 Å². The molecule has 1 amide bonds. The van der Waals surface area contributed by atoms with Crippen LogP contribution in [0.5, 0.6) is 0 Å². The number of carbonyl (C=O) groups excluding carboxylic acids is 1. The Kier molecular flexibility index (Phi) is 6.11. The zero-order chi connectivity index (χ0) is 22.1. The van der Waals surface area contributed by atoms with Crippen LogP contribution in [0, 0.1) is 0 Å². The fourth-order valence-corrected chi connectivity index (χ4v) is 4.08. The van der Waals surface area contributed by atoms with E-state index in [9.17, 15) is 14.7 Å². The smallest absolute Gasteiger partial charge is 0.335 e. The van der Waals surface area contributed by atoms with Crippen molar-refractivity contribution in [3.63, 3.8) is 0 Å². The van der Waals surface area contributed by atoms with E-state index in [2.05, 4.69) is 10.3 Å². The fourth-order valence-electron chi connectivity index (χ4n) is 2.72. The summed E-state index contributed by atoms with van der Waals surface area (Å²) < 4.78 is 5.76. The Hall–Kier alpha value is -2.71. The van der Waals surface area contributed by atoms with Gasteiger partial charge in [-0.25, -0.2) is 9.79 Å². The number of halogens is 3. The van der Waals surface area contributed by atoms with Crippen LogP contribution in [0.15, 0.2) is 62.8 Å².